The van der Waals surface area contributed by atoms with E-state index in [4.69, 9.17) is 11.0 Å². The van der Waals surface area contributed by atoms with Crippen LogP contribution < -0.4 is 11.1 Å². The third-order valence-corrected chi connectivity index (χ3v) is 3.57. The fraction of sp³-hybridized carbons (Fsp3) is 0.562. The minimum absolute atomic E-state index is 0.348. The Morgan fingerprint density at radius 3 is 2.65 bits per heavy atom. The first-order chi connectivity index (χ1) is 9.60. The molecule has 1 atom stereocenters. The van der Waals surface area contributed by atoms with E-state index in [0.29, 0.717) is 17.3 Å². The Labute approximate surface area is 122 Å². The van der Waals surface area contributed by atoms with E-state index in [0.717, 1.165) is 38.2 Å². The lowest BCUT2D eigenvalue weighted by Gasteiger charge is -2.20. The molecule has 0 aromatic heterocycles. The Bertz CT molecular complexity index is 446. The van der Waals surface area contributed by atoms with E-state index in [9.17, 15) is 0 Å². The highest BCUT2D eigenvalue weighted by atomic mass is 15.1. The second-order valence-electron chi connectivity index (χ2n) is 5.13. The van der Waals surface area contributed by atoms with Crippen molar-refractivity contribution in [1.29, 1.82) is 5.26 Å². The zero-order chi connectivity index (χ0) is 15.0. The van der Waals surface area contributed by atoms with Gasteiger partial charge in [-0.25, -0.2) is 0 Å². The van der Waals surface area contributed by atoms with E-state index in [1.165, 1.54) is 0 Å². The quantitative estimate of drug-likeness (QED) is 0.715. The first-order valence-electron chi connectivity index (χ1n) is 7.39. The van der Waals surface area contributed by atoms with Crippen molar-refractivity contribution in [3.05, 3.63) is 23.8 Å². The molecule has 0 amide bonds. The predicted molar refractivity (Wildman–Crippen MR) is 85.7 cm³/mol. The number of nitrogens with zero attached hydrogens (tertiary/aromatic N) is 2. The van der Waals surface area contributed by atoms with Gasteiger partial charge in [0.05, 0.1) is 11.3 Å². The molecule has 0 spiro atoms. The van der Waals surface area contributed by atoms with Crippen LogP contribution >= 0.6 is 0 Å². The first kappa shape index (κ1) is 16.3. The van der Waals surface area contributed by atoms with Crippen molar-refractivity contribution < 1.29 is 0 Å². The molecule has 3 N–H and O–H groups in total. The van der Waals surface area contributed by atoms with Crippen LogP contribution in [0.25, 0.3) is 0 Å². The maximum Gasteiger partial charge on any atom is 0.101 e. The van der Waals surface area contributed by atoms with Crippen molar-refractivity contribution in [2.24, 2.45) is 0 Å². The highest BCUT2D eigenvalue weighted by Gasteiger charge is 2.07. The van der Waals surface area contributed by atoms with Crippen molar-refractivity contribution >= 4 is 11.4 Å². The van der Waals surface area contributed by atoms with Crippen LogP contribution in [0.4, 0.5) is 11.4 Å². The molecule has 1 aromatic rings. The maximum absolute atomic E-state index is 9.12. The molecule has 0 saturated carbocycles. The number of hydrogen-bond donors (Lipinski definition) is 2. The zero-order valence-corrected chi connectivity index (χ0v) is 12.8. The average molecular weight is 274 g/mol. The predicted octanol–water partition coefficient (Wildman–Crippen LogP) is 3.06. The second kappa shape index (κ2) is 8.44. The maximum atomic E-state index is 9.12. The summed E-state index contributed by atoms with van der Waals surface area (Å²) in [6.07, 6.45) is 2.25. The van der Waals surface area contributed by atoms with Gasteiger partial charge in [0.15, 0.2) is 0 Å². The van der Waals surface area contributed by atoms with Crippen molar-refractivity contribution in [3.63, 3.8) is 0 Å². The Morgan fingerprint density at radius 2 is 2.05 bits per heavy atom. The highest BCUT2D eigenvalue weighted by molar-refractivity contribution is 5.63. The molecule has 1 unspecified atom stereocenters. The molecule has 0 fully saturated rings. The summed E-state index contributed by atoms with van der Waals surface area (Å²) in [5, 5.41) is 12.5. The van der Waals surface area contributed by atoms with Crippen molar-refractivity contribution in [2.75, 3.05) is 30.7 Å². The second-order valence-corrected chi connectivity index (χ2v) is 5.13. The number of benzene rings is 1. The van der Waals surface area contributed by atoms with Gasteiger partial charge in [-0.15, -0.1) is 0 Å². The summed E-state index contributed by atoms with van der Waals surface area (Å²) in [4.78, 5) is 2.43. The lowest BCUT2D eigenvalue weighted by Crippen LogP contribution is -2.25. The van der Waals surface area contributed by atoms with E-state index < -0.39 is 0 Å². The van der Waals surface area contributed by atoms with Crippen LogP contribution in [-0.4, -0.2) is 30.6 Å². The van der Waals surface area contributed by atoms with Gasteiger partial charge in [0.1, 0.15) is 6.07 Å². The van der Waals surface area contributed by atoms with Gasteiger partial charge in [0.2, 0.25) is 0 Å². The largest absolute Gasteiger partial charge is 0.399 e. The Hall–Kier alpha value is -1.73. The summed E-state index contributed by atoms with van der Waals surface area (Å²) in [6, 6.07) is 7.95. The fourth-order valence-corrected chi connectivity index (χ4v) is 2.28. The molecule has 1 rings (SSSR count). The van der Waals surface area contributed by atoms with Gasteiger partial charge < -0.3 is 16.0 Å². The number of anilines is 2. The minimum atomic E-state index is 0.348. The Morgan fingerprint density at radius 1 is 1.35 bits per heavy atom. The van der Waals surface area contributed by atoms with E-state index >= 15 is 0 Å². The van der Waals surface area contributed by atoms with Crippen molar-refractivity contribution in [1.82, 2.24) is 4.90 Å². The van der Waals surface area contributed by atoms with Crippen molar-refractivity contribution in [3.8, 4) is 6.07 Å². The molecule has 0 aliphatic carbocycles. The van der Waals surface area contributed by atoms with Gasteiger partial charge in [-0.1, -0.05) is 13.8 Å². The number of nitrogen functional groups attached to an aromatic ring is 1. The number of nitriles is 1. The molecule has 0 aliphatic heterocycles. The standard InChI is InChI=1S/C16H26N4/c1-4-20(5-2)10-6-7-13(3)19-16-9-8-15(18)11-14(16)12-17/h8-9,11,13,19H,4-7,10,18H2,1-3H3. The highest BCUT2D eigenvalue weighted by Crippen LogP contribution is 2.19. The summed E-state index contributed by atoms with van der Waals surface area (Å²) in [7, 11) is 0. The van der Waals surface area contributed by atoms with Gasteiger partial charge in [-0.05, 0) is 57.6 Å². The number of hydrogen-bond acceptors (Lipinski definition) is 4. The fourth-order valence-electron chi connectivity index (χ4n) is 2.28. The van der Waals surface area contributed by atoms with Crippen molar-refractivity contribution in [2.45, 2.75) is 39.7 Å². The molecule has 1 aromatic carbocycles. The van der Waals surface area contributed by atoms with Crippen LogP contribution in [0.5, 0.6) is 0 Å². The Balaban J connectivity index is 2.47. The third kappa shape index (κ3) is 5.10. The molecule has 110 valence electrons. The van der Waals surface area contributed by atoms with Gasteiger partial charge in [-0.3, -0.25) is 0 Å². The molecule has 0 radical (unpaired) electrons. The average Bonchev–Trinajstić information content (AvgIpc) is 2.45. The van der Waals surface area contributed by atoms with Gasteiger partial charge >= 0.3 is 0 Å². The minimum Gasteiger partial charge on any atom is -0.399 e. The number of nitrogens with two attached hydrogens (primary N) is 1. The van der Waals surface area contributed by atoms with Crippen LogP contribution in [0.3, 0.4) is 0 Å². The molecule has 0 saturated heterocycles. The molecule has 0 heterocycles. The zero-order valence-electron chi connectivity index (χ0n) is 12.8. The Kier molecular flexibility index (Phi) is 6.89. The van der Waals surface area contributed by atoms with Crippen LogP contribution in [0.15, 0.2) is 18.2 Å². The molecule has 4 nitrogen and oxygen atoms in total. The lowest BCUT2D eigenvalue weighted by atomic mass is 10.1. The van der Waals surface area contributed by atoms with E-state index in [1.54, 1.807) is 6.07 Å². The third-order valence-electron chi connectivity index (χ3n) is 3.57. The molecular formula is C16H26N4. The smallest absolute Gasteiger partial charge is 0.101 e. The first-order valence-corrected chi connectivity index (χ1v) is 7.39. The molecule has 20 heavy (non-hydrogen) atoms. The van der Waals surface area contributed by atoms with E-state index in [1.807, 2.05) is 12.1 Å². The van der Waals surface area contributed by atoms with Crippen LogP contribution in [0.2, 0.25) is 0 Å². The number of nitrogens with one attached hydrogen (secondary N) is 1. The molecule has 4 heteroatoms. The topological polar surface area (TPSA) is 65.1 Å². The normalized spacial score (nSPS) is 12.2. The molecular weight excluding hydrogens is 248 g/mol. The summed E-state index contributed by atoms with van der Waals surface area (Å²) in [5.41, 5.74) is 7.80. The van der Waals surface area contributed by atoms with E-state index in [-0.39, 0.29) is 0 Å². The lowest BCUT2D eigenvalue weighted by molar-refractivity contribution is 0.295. The van der Waals surface area contributed by atoms with Crippen LogP contribution in [-0.2, 0) is 0 Å². The van der Waals surface area contributed by atoms with Gasteiger partial charge in [0, 0.05) is 11.7 Å². The van der Waals surface area contributed by atoms with E-state index in [2.05, 4.69) is 37.1 Å². The SMILES string of the molecule is CCN(CC)CCCC(C)Nc1ccc(N)cc1C#N. The molecule has 0 bridgehead atoms. The van der Waals surface area contributed by atoms with Gasteiger partial charge in [-0.2, -0.15) is 5.26 Å². The number of rotatable bonds is 8. The van der Waals surface area contributed by atoms with Crippen LogP contribution in [0.1, 0.15) is 39.2 Å². The monoisotopic (exact) mass is 274 g/mol. The van der Waals surface area contributed by atoms with Gasteiger partial charge in [0.25, 0.3) is 0 Å². The molecule has 0 aliphatic rings. The summed E-state index contributed by atoms with van der Waals surface area (Å²) in [5.74, 6) is 0. The summed E-state index contributed by atoms with van der Waals surface area (Å²) < 4.78 is 0. The summed E-state index contributed by atoms with van der Waals surface area (Å²) in [6.45, 7) is 9.88. The summed E-state index contributed by atoms with van der Waals surface area (Å²) >= 11 is 0. The van der Waals surface area contributed by atoms with Crippen LogP contribution in [0, 0.1) is 11.3 Å².